The van der Waals surface area contributed by atoms with Crippen LogP contribution in [0, 0.1) is 40.4 Å². The summed E-state index contributed by atoms with van der Waals surface area (Å²) in [5.74, 6) is -1.51. The van der Waals surface area contributed by atoms with Gasteiger partial charge in [-0.25, -0.2) is 4.79 Å². The van der Waals surface area contributed by atoms with Crippen LogP contribution < -0.4 is 0 Å². The summed E-state index contributed by atoms with van der Waals surface area (Å²) < 4.78 is 6.20. The number of carbonyl (C=O) groups excluding carboxylic acids is 2. The molecule has 0 aromatic heterocycles. The first-order valence-corrected chi connectivity index (χ1v) is 14.8. The van der Waals surface area contributed by atoms with Crippen molar-refractivity contribution in [3.05, 3.63) is 57.9 Å². The molecule has 0 aromatic carbocycles. The average Bonchev–Trinajstić information content (AvgIpc) is 3.09. The third-order valence-electron chi connectivity index (χ3n) is 11.2. The van der Waals surface area contributed by atoms with Crippen molar-refractivity contribution >= 4 is 11.8 Å². The van der Waals surface area contributed by atoms with Gasteiger partial charge in [0.15, 0.2) is 5.60 Å². The number of Topliss-reactive ketones (excluding diaryl/α,β-unsaturated/α-hetero) is 1. The van der Waals surface area contributed by atoms with Crippen molar-refractivity contribution in [3.8, 4) is 0 Å². The van der Waals surface area contributed by atoms with Gasteiger partial charge in [-0.1, -0.05) is 67.4 Å². The monoisotopic (exact) mass is 534 g/mol. The average molecular weight is 535 g/mol. The van der Waals surface area contributed by atoms with Crippen LogP contribution in [0.2, 0.25) is 0 Å². The molecule has 1 saturated heterocycles. The van der Waals surface area contributed by atoms with Crippen molar-refractivity contribution in [2.24, 2.45) is 40.4 Å². The van der Waals surface area contributed by atoms with Crippen LogP contribution in [0.25, 0.3) is 0 Å². The molecule has 0 amide bonds. The number of ketones is 1. The Balaban J connectivity index is 1.82. The van der Waals surface area contributed by atoms with Crippen LogP contribution in [0.1, 0.15) is 87.5 Å². The van der Waals surface area contributed by atoms with Gasteiger partial charge in [0.05, 0.1) is 11.5 Å². The topological polar surface area (TPSA) is 83.8 Å². The second-order valence-electron chi connectivity index (χ2n) is 13.9. The normalized spacial score (nSPS) is 44.7. The van der Waals surface area contributed by atoms with Gasteiger partial charge in [-0.3, -0.25) is 4.79 Å². The Labute approximate surface area is 233 Å². The van der Waals surface area contributed by atoms with Gasteiger partial charge in [0.1, 0.15) is 11.3 Å². The molecule has 5 heteroatoms. The third-order valence-corrected chi connectivity index (χ3v) is 11.2. The minimum atomic E-state index is -1.40. The van der Waals surface area contributed by atoms with E-state index in [4.69, 9.17) is 4.74 Å². The molecular formula is C34H46O5. The Kier molecular flexibility index (Phi) is 6.73. The second-order valence-corrected chi connectivity index (χ2v) is 13.9. The molecule has 0 unspecified atom stereocenters. The fourth-order valence-electron chi connectivity index (χ4n) is 9.27. The molecule has 39 heavy (non-hydrogen) atoms. The highest BCUT2D eigenvalue weighted by Crippen LogP contribution is 2.62. The number of ether oxygens (including phenoxy) is 1. The van der Waals surface area contributed by atoms with E-state index in [9.17, 15) is 19.8 Å². The van der Waals surface area contributed by atoms with Crippen LogP contribution in [0.15, 0.2) is 57.9 Å². The van der Waals surface area contributed by atoms with Crippen molar-refractivity contribution in [1.82, 2.24) is 0 Å². The summed E-state index contributed by atoms with van der Waals surface area (Å²) in [6, 6.07) is 0. The summed E-state index contributed by atoms with van der Waals surface area (Å²) in [6.07, 6.45) is 11.7. The predicted molar refractivity (Wildman–Crippen MR) is 153 cm³/mol. The number of hydrogen-bond acceptors (Lipinski definition) is 5. The van der Waals surface area contributed by atoms with Gasteiger partial charge in [-0.2, -0.15) is 0 Å². The molecule has 1 saturated carbocycles. The first kappa shape index (κ1) is 28.1. The maximum atomic E-state index is 14.6. The van der Waals surface area contributed by atoms with E-state index in [1.54, 1.807) is 0 Å². The summed E-state index contributed by atoms with van der Waals surface area (Å²) >= 11 is 0. The molecule has 2 bridgehead atoms. The Bertz CT molecular complexity index is 1260. The molecule has 5 nitrogen and oxygen atoms in total. The van der Waals surface area contributed by atoms with E-state index in [1.807, 2.05) is 13.8 Å². The van der Waals surface area contributed by atoms with Crippen LogP contribution in [0.4, 0.5) is 0 Å². The summed E-state index contributed by atoms with van der Waals surface area (Å²) in [7, 11) is 0. The molecule has 1 heterocycles. The van der Waals surface area contributed by atoms with Crippen LogP contribution in [0.3, 0.4) is 0 Å². The third kappa shape index (κ3) is 3.89. The minimum absolute atomic E-state index is 0.0608. The van der Waals surface area contributed by atoms with Crippen molar-refractivity contribution < 1.29 is 24.5 Å². The standard InChI is InChI=1S/C34H46O5/c1-18-10-9-11-19(2)27-21(4)14-24-25(35)13-12-20(3)28(24)33(27,8)29(36)26-30(37)34(39-31(26)38)17-23(6)22(5)16-32(34,7)15-18/h11,14-16,20,23-25,27-28,35-36H,9-10,12-13,17H2,1-8H3/t20-,23+,24+,25-,27+,28+,32+,33+,34+/m0/s1. The number of esters is 1. The number of aliphatic hydroxyl groups is 2. The highest BCUT2D eigenvalue weighted by atomic mass is 16.6. The van der Waals surface area contributed by atoms with Gasteiger partial charge in [0, 0.05) is 23.7 Å². The molecular weight excluding hydrogens is 488 g/mol. The van der Waals surface area contributed by atoms with Crippen molar-refractivity contribution in [3.63, 3.8) is 0 Å². The molecule has 5 aliphatic rings. The van der Waals surface area contributed by atoms with Crippen molar-refractivity contribution in [2.75, 3.05) is 0 Å². The van der Waals surface area contributed by atoms with E-state index in [0.29, 0.717) is 12.8 Å². The lowest BCUT2D eigenvalue weighted by Crippen LogP contribution is -2.54. The molecule has 9 atom stereocenters. The molecule has 1 spiro atoms. The fraction of sp³-hybridized carbons (Fsp3) is 0.647. The van der Waals surface area contributed by atoms with Gasteiger partial charge in [0.25, 0.3) is 0 Å². The number of aliphatic hydroxyl groups excluding tert-OH is 2. The van der Waals surface area contributed by atoms with E-state index >= 15 is 0 Å². The summed E-state index contributed by atoms with van der Waals surface area (Å²) in [4.78, 5) is 28.4. The molecule has 1 aliphatic heterocycles. The zero-order valence-electron chi connectivity index (χ0n) is 24.9. The van der Waals surface area contributed by atoms with Gasteiger partial charge < -0.3 is 14.9 Å². The molecule has 2 N–H and O–H groups in total. The number of allylic oxidation sites excluding steroid dienone is 6. The number of rotatable bonds is 0. The Morgan fingerprint density at radius 2 is 1.67 bits per heavy atom. The van der Waals surface area contributed by atoms with Crippen molar-refractivity contribution in [1.29, 1.82) is 0 Å². The Morgan fingerprint density at radius 3 is 2.36 bits per heavy atom. The zero-order chi connectivity index (χ0) is 28.7. The maximum Gasteiger partial charge on any atom is 0.346 e. The van der Waals surface area contributed by atoms with Gasteiger partial charge in [-0.15, -0.1) is 0 Å². The van der Waals surface area contributed by atoms with E-state index < -0.39 is 34.3 Å². The number of hydrogen-bond donors (Lipinski definition) is 2. The molecule has 2 fully saturated rings. The lowest BCUT2D eigenvalue weighted by atomic mass is 9.49. The Morgan fingerprint density at radius 1 is 0.974 bits per heavy atom. The molecule has 0 radical (unpaired) electrons. The van der Waals surface area contributed by atoms with Gasteiger partial charge in [-0.05, 0) is 78.1 Å². The summed E-state index contributed by atoms with van der Waals surface area (Å²) in [6.45, 7) is 16.6. The Hall–Kier alpha value is -2.40. The zero-order valence-corrected chi connectivity index (χ0v) is 24.9. The van der Waals surface area contributed by atoms with Crippen LogP contribution in [-0.2, 0) is 14.3 Å². The number of carbonyl (C=O) groups is 2. The first-order valence-electron chi connectivity index (χ1n) is 14.8. The maximum absolute atomic E-state index is 14.6. The lowest BCUT2D eigenvalue weighted by Gasteiger charge is -2.55. The quantitative estimate of drug-likeness (QED) is 0.200. The fourth-order valence-corrected chi connectivity index (χ4v) is 9.27. The van der Waals surface area contributed by atoms with Gasteiger partial charge in [0.2, 0.25) is 5.78 Å². The smallest absolute Gasteiger partial charge is 0.346 e. The minimum Gasteiger partial charge on any atom is -0.511 e. The first-order chi connectivity index (χ1) is 18.2. The largest absolute Gasteiger partial charge is 0.511 e. The van der Waals surface area contributed by atoms with E-state index in [0.717, 1.165) is 36.0 Å². The number of fused-ring (bicyclic) bond motifs is 4. The van der Waals surface area contributed by atoms with E-state index in [1.165, 1.54) is 5.57 Å². The SMILES string of the molecule is CC1=C[C@]2(C)C=C(C)[C@H](C)C[C@]23OC(=O)C(=C(O)[C@]2(C)[C@H](C(C)=CCC1)C(C)=C[C@H]1[C@H]2[C@@H](C)CC[C@@H]1O)C3=O. The van der Waals surface area contributed by atoms with E-state index in [-0.39, 0.29) is 40.9 Å². The second kappa shape index (κ2) is 9.33. The van der Waals surface area contributed by atoms with Crippen LogP contribution in [0.5, 0.6) is 0 Å². The predicted octanol–water partition coefficient (Wildman–Crippen LogP) is 6.95. The molecule has 212 valence electrons. The highest BCUT2D eigenvalue weighted by molar-refractivity contribution is 6.26. The molecule has 0 aromatic rings. The van der Waals surface area contributed by atoms with E-state index in [2.05, 4.69) is 65.8 Å². The van der Waals surface area contributed by atoms with Crippen LogP contribution >= 0.6 is 0 Å². The summed E-state index contributed by atoms with van der Waals surface area (Å²) in [5, 5.41) is 23.5. The lowest BCUT2D eigenvalue weighted by molar-refractivity contribution is -0.162. The highest BCUT2D eigenvalue weighted by Gasteiger charge is 2.66. The summed E-state index contributed by atoms with van der Waals surface area (Å²) in [5.41, 5.74) is 1.15. The molecule has 5 rings (SSSR count). The van der Waals surface area contributed by atoms with Gasteiger partial charge >= 0.3 is 5.97 Å². The van der Waals surface area contributed by atoms with Crippen LogP contribution in [-0.4, -0.2) is 33.7 Å². The molecule has 4 aliphatic carbocycles. The van der Waals surface area contributed by atoms with Crippen molar-refractivity contribution in [2.45, 2.75) is 99.2 Å².